The first-order valence-corrected chi connectivity index (χ1v) is 10.5. The van der Waals surface area contributed by atoms with Crippen LogP contribution in [0.5, 0.6) is 11.5 Å². The van der Waals surface area contributed by atoms with Crippen LogP contribution in [0.1, 0.15) is 30.3 Å². The van der Waals surface area contributed by atoms with Crippen molar-refractivity contribution in [1.82, 2.24) is 14.9 Å². The summed E-state index contributed by atoms with van der Waals surface area (Å²) in [5.74, 6) is 1.74. The van der Waals surface area contributed by atoms with E-state index < -0.39 is 6.04 Å². The maximum absolute atomic E-state index is 12.8. The molecular weight excluding hydrogens is 408 g/mol. The first kappa shape index (κ1) is 21.4. The number of fused-ring (bicyclic) bond motifs is 1. The number of hydrogen-bond acceptors (Lipinski definition) is 5. The van der Waals surface area contributed by atoms with Gasteiger partial charge in [0.1, 0.15) is 30.0 Å². The Bertz CT molecular complexity index is 1110. The van der Waals surface area contributed by atoms with Crippen molar-refractivity contribution in [3.8, 4) is 11.5 Å². The van der Waals surface area contributed by atoms with Gasteiger partial charge in [0.25, 0.3) is 0 Å². The molecule has 32 heavy (non-hydrogen) atoms. The van der Waals surface area contributed by atoms with Crippen molar-refractivity contribution in [3.63, 3.8) is 0 Å². The number of carbonyl (C=O) groups excluding carboxylic acids is 2. The Hall–Kier alpha value is -3.81. The van der Waals surface area contributed by atoms with Crippen molar-refractivity contribution >= 4 is 17.5 Å². The highest BCUT2D eigenvalue weighted by Crippen LogP contribution is 2.31. The fourth-order valence-electron chi connectivity index (χ4n) is 3.79. The number of imidazole rings is 1. The standard InChI is InChI=1S/C24H26N4O4/c1-27-13-12-25-24(27)23(17-6-5-7-18(16-17)31-2)26-21(29)10-11-22(30)28-14-15-32-20-9-4-3-8-19(20)28/h3-9,12-13,16,23H,10-11,14-15H2,1-2H3,(H,26,29). The number of methoxy groups -OCH3 is 1. The van der Waals surface area contributed by atoms with Gasteiger partial charge in [-0.2, -0.15) is 0 Å². The molecule has 2 amide bonds. The third kappa shape index (κ3) is 4.59. The van der Waals surface area contributed by atoms with Gasteiger partial charge in [0, 0.05) is 32.3 Å². The van der Waals surface area contributed by atoms with Crippen LogP contribution in [0.2, 0.25) is 0 Å². The number of rotatable bonds is 7. The fourth-order valence-corrected chi connectivity index (χ4v) is 3.79. The molecule has 0 saturated heterocycles. The molecule has 0 radical (unpaired) electrons. The van der Waals surface area contributed by atoms with Crippen molar-refractivity contribution in [3.05, 3.63) is 72.3 Å². The number of benzene rings is 2. The van der Waals surface area contributed by atoms with E-state index in [0.29, 0.717) is 30.5 Å². The number of amides is 2. The van der Waals surface area contributed by atoms with Crippen LogP contribution in [0.3, 0.4) is 0 Å². The van der Waals surface area contributed by atoms with E-state index in [1.165, 1.54) is 0 Å². The van der Waals surface area contributed by atoms with Gasteiger partial charge in [0.05, 0.1) is 19.3 Å². The number of nitrogens with one attached hydrogen (secondary N) is 1. The maximum Gasteiger partial charge on any atom is 0.227 e. The fraction of sp³-hybridized carbons (Fsp3) is 0.292. The number of carbonyl (C=O) groups is 2. The van der Waals surface area contributed by atoms with Crippen LogP contribution in [0.4, 0.5) is 5.69 Å². The third-order valence-electron chi connectivity index (χ3n) is 5.44. The lowest BCUT2D eigenvalue weighted by Crippen LogP contribution is -2.38. The SMILES string of the molecule is COc1cccc(C(NC(=O)CCC(=O)N2CCOc3ccccc32)c2nccn2C)c1. The van der Waals surface area contributed by atoms with Crippen molar-refractivity contribution in [2.45, 2.75) is 18.9 Å². The highest BCUT2D eigenvalue weighted by molar-refractivity contribution is 5.97. The number of ether oxygens (including phenoxy) is 2. The Balaban J connectivity index is 1.45. The van der Waals surface area contributed by atoms with Gasteiger partial charge in [0.2, 0.25) is 11.8 Å². The molecule has 1 aliphatic rings. The average Bonchev–Trinajstić information content (AvgIpc) is 3.26. The zero-order chi connectivity index (χ0) is 22.5. The van der Waals surface area contributed by atoms with Gasteiger partial charge in [-0.25, -0.2) is 4.98 Å². The molecule has 1 aromatic heterocycles. The number of hydrogen-bond donors (Lipinski definition) is 1. The highest BCUT2D eigenvalue weighted by atomic mass is 16.5. The molecule has 0 fully saturated rings. The largest absolute Gasteiger partial charge is 0.497 e. The Kier molecular flexibility index (Phi) is 6.39. The number of aryl methyl sites for hydroxylation is 1. The molecule has 0 spiro atoms. The molecule has 0 saturated carbocycles. The van der Waals surface area contributed by atoms with E-state index in [-0.39, 0.29) is 24.7 Å². The molecule has 2 heterocycles. The highest BCUT2D eigenvalue weighted by Gasteiger charge is 2.25. The number of anilines is 1. The Morgan fingerprint density at radius 2 is 2.03 bits per heavy atom. The van der Waals surface area contributed by atoms with E-state index in [9.17, 15) is 9.59 Å². The van der Waals surface area contributed by atoms with E-state index in [1.807, 2.05) is 66.3 Å². The van der Waals surface area contributed by atoms with E-state index in [0.717, 1.165) is 11.3 Å². The molecule has 3 aromatic rings. The van der Waals surface area contributed by atoms with Crippen molar-refractivity contribution in [1.29, 1.82) is 0 Å². The summed E-state index contributed by atoms with van der Waals surface area (Å²) in [6, 6.07) is 14.5. The smallest absolute Gasteiger partial charge is 0.227 e. The Morgan fingerprint density at radius 1 is 1.19 bits per heavy atom. The van der Waals surface area contributed by atoms with E-state index in [2.05, 4.69) is 10.3 Å². The minimum atomic E-state index is -0.461. The second kappa shape index (κ2) is 9.55. The van der Waals surface area contributed by atoms with E-state index >= 15 is 0 Å². The van der Waals surface area contributed by atoms with Crippen LogP contribution in [0.25, 0.3) is 0 Å². The van der Waals surface area contributed by atoms with Crippen LogP contribution in [0, 0.1) is 0 Å². The lowest BCUT2D eigenvalue weighted by molar-refractivity contribution is -0.125. The zero-order valence-electron chi connectivity index (χ0n) is 18.2. The molecule has 1 unspecified atom stereocenters. The van der Waals surface area contributed by atoms with Crippen molar-refractivity contribution in [2.24, 2.45) is 7.05 Å². The van der Waals surface area contributed by atoms with Gasteiger partial charge in [-0.1, -0.05) is 24.3 Å². The van der Waals surface area contributed by atoms with Gasteiger partial charge in [0.15, 0.2) is 0 Å². The third-order valence-corrected chi connectivity index (χ3v) is 5.44. The summed E-state index contributed by atoms with van der Waals surface area (Å²) >= 11 is 0. The average molecular weight is 434 g/mol. The second-order valence-electron chi connectivity index (χ2n) is 7.54. The van der Waals surface area contributed by atoms with Crippen molar-refractivity contribution < 1.29 is 19.1 Å². The zero-order valence-corrected chi connectivity index (χ0v) is 18.2. The number of para-hydroxylation sites is 2. The molecule has 1 aliphatic heterocycles. The van der Waals surface area contributed by atoms with Crippen molar-refractivity contribution in [2.75, 3.05) is 25.2 Å². The first-order chi connectivity index (χ1) is 15.6. The summed E-state index contributed by atoms with van der Waals surface area (Å²) in [6.07, 6.45) is 3.69. The van der Waals surface area contributed by atoms with E-state index in [4.69, 9.17) is 9.47 Å². The monoisotopic (exact) mass is 434 g/mol. The van der Waals surface area contributed by atoms with Crippen LogP contribution >= 0.6 is 0 Å². The summed E-state index contributed by atoms with van der Waals surface area (Å²) in [5.41, 5.74) is 1.59. The summed E-state index contributed by atoms with van der Waals surface area (Å²) < 4.78 is 12.8. The summed E-state index contributed by atoms with van der Waals surface area (Å²) in [4.78, 5) is 31.8. The normalized spacial score (nSPS) is 13.6. The molecule has 8 nitrogen and oxygen atoms in total. The van der Waals surface area contributed by atoms with Gasteiger partial charge in [-0.3, -0.25) is 9.59 Å². The lowest BCUT2D eigenvalue weighted by Gasteiger charge is -2.29. The quantitative estimate of drug-likeness (QED) is 0.618. The second-order valence-corrected chi connectivity index (χ2v) is 7.54. The maximum atomic E-state index is 12.8. The van der Waals surface area contributed by atoms with Crippen LogP contribution in [-0.4, -0.2) is 41.6 Å². The molecule has 1 N–H and O–H groups in total. The lowest BCUT2D eigenvalue weighted by atomic mass is 10.1. The molecular formula is C24H26N4O4. The molecule has 0 aliphatic carbocycles. The minimum absolute atomic E-state index is 0.0727. The Labute approximate surface area is 186 Å². The molecule has 8 heteroatoms. The number of aromatic nitrogens is 2. The van der Waals surface area contributed by atoms with Gasteiger partial charge in [-0.05, 0) is 29.8 Å². The van der Waals surface area contributed by atoms with Crippen LogP contribution < -0.4 is 19.7 Å². The van der Waals surface area contributed by atoms with Gasteiger partial charge in [-0.15, -0.1) is 0 Å². The molecule has 2 aromatic carbocycles. The van der Waals surface area contributed by atoms with Gasteiger partial charge < -0.3 is 24.3 Å². The Morgan fingerprint density at radius 3 is 2.81 bits per heavy atom. The molecule has 1 atom stereocenters. The predicted octanol–water partition coefficient (Wildman–Crippen LogP) is 2.84. The molecule has 4 rings (SSSR count). The molecule has 166 valence electrons. The van der Waals surface area contributed by atoms with E-state index in [1.54, 1.807) is 18.2 Å². The molecule has 0 bridgehead atoms. The van der Waals surface area contributed by atoms with Crippen LogP contribution in [0.15, 0.2) is 60.9 Å². The topological polar surface area (TPSA) is 85.7 Å². The summed E-state index contributed by atoms with van der Waals surface area (Å²) in [7, 11) is 3.48. The van der Waals surface area contributed by atoms with Gasteiger partial charge >= 0.3 is 0 Å². The minimum Gasteiger partial charge on any atom is -0.497 e. The predicted molar refractivity (Wildman–Crippen MR) is 120 cm³/mol. The van der Waals surface area contributed by atoms with Crippen LogP contribution in [-0.2, 0) is 16.6 Å². The first-order valence-electron chi connectivity index (χ1n) is 10.5. The summed E-state index contributed by atoms with van der Waals surface area (Å²) in [6.45, 7) is 0.906. The summed E-state index contributed by atoms with van der Waals surface area (Å²) in [5, 5.41) is 3.03. The number of nitrogens with zero attached hydrogens (tertiary/aromatic N) is 3.